The summed E-state index contributed by atoms with van der Waals surface area (Å²) in [6.45, 7) is 6.70. The zero-order chi connectivity index (χ0) is 21.5. The smallest absolute Gasteiger partial charge is 0.255 e. The van der Waals surface area contributed by atoms with Crippen molar-refractivity contribution < 1.29 is 4.79 Å². The van der Waals surface area contributed by atoms with Crippen LogP contribution in [-0.2, 0) is 25.8 Å². The quantitative estimate of drug-likeness (QED) is 0.787. The van der Waals surface area contributed by atoms with Gasteiger partial charge in [0, 0.05) is 41.5 Å². The molecule has 6 nitrogen and oxygen atoms in total. The van der Waals surface area contributed by atoms with E-state index in [2.05, 4.69) is 29.1 Å². The van der Waals surface area contributed by atoms with E-state index in [0.29, 0.717) is 18.4 Å². The molecule has 0 radical (unpaired) electrons. The number of nitrogens with one attached hydrogen (secondary N) is 1. The van der Waals surface area contributed by atoms with Crippen LogP contribution in [0.3, 0.4) is 0 Å². The Morgan fingerprint density at radius 3 is 2.81 bits per heavy atom. The molecule has 4 heterocycles. The Morgan fingerprint density at radius 2 is 1.97 bits per heavy atom. The highest BCUT2D eigenvalue weighted by Gasteiger charge is 2.34. The first-order valence-electron chi connectivity index (χ1n) is 11.8. The summed E-state index contributed by atoms with van der Waals surface area (Å²) in [7, 11) is 0. The molecule has 31 heavy (non-hydrogen) atoms. The van der Waals surface area contributed by atoms with E-state index >= 15 is 0 Å². The molecule has 0 bridgehead atoms. The lowest BCUT2D eigenvalue weighted by molar-refractivity contribution is 0.0597. The van der Waals surface area contributed by atoms with E-state index in [1.165, 1.54) is 23.3 Å². The number of hydrogen-bond acceptors (Lipinski definition) is 5. The molecule has 1 amide bonds. The van der Waals surface area contributed by atoms with Crippen LogP contribution >= 0.6 is 11.3 Å². The summed E-state index contributed by atoms with van der Waals surface area (Å²) in [5, 5.41) is 2.06. The molecule has 1 saturated heterocycles. The van der Waals surface area contributed by atoms with Crippen molar-refractivity contribution in [3.63, 3.8) is 0 Å². The number of amides is 1. The van der Waals surface area contributed by atoms with Crippen molar-refractivity contribution in [3.05, 3.63) is 48.8 Å². The number of fused-ring (bicyclic) bond motifs is 2. The number of aryl methyl sites for hydroxylation is 1. The summed E-state index contributed by atoms with van der Waals surface area (Å²) in [4.78, 5) is 40.3. The monoisotopic (exact) mass is 440 g/mol. The Hall–Kier alpha value is -1.99. The zero-order valence-electron chi connectivity index (χ0n) is 18.6. The Kier molecular flexibility index (Phi) is 5.73. The molecule has 2 aromatic heterocycles. The molecule has 0 unspecified atom stereocenters. The predicted molar refractivity (Wildman–Crippen MR) is 123 cm³/mol. The van der Waals surface area contributed by atoms with Gasteiger partial charge in [-0.25, -0.2) is 4.98 Å². The maximum absolute atomic E-state index is 13.6. The van der Waals surface area contributed by atoms with E-state index in [1.54, 1.807) is 11.3 Å². The number of thiophene rings is 1. The lowest BCUT2D eigenvalue weighted by atomic mass is 9.94. The van der Waals surface area contributed by atoms with Crippen LogP contribution in [0.4, 0.5) is 0 Å². The molecule has 7 heteroatoms. The van der Waals surface area contributed by atoms with Gasteiger partial charge in [-0.05, 0) is 70.8 Å². The molecular formula is C24H32N4O2S. The van der Waals surface area contributed by atoms with Gasteiger partial charge in [0.2, 0.25) is 0 Å². The number of aromatic nitrogens is 2. The minimum absolute atomic E-state index is 0.0192. The molecule has 1 aliphatic carbocycles. The fourth-order valence-electron chi connectivity index (χ4n) is 5.36. The van der Waals surface area contributed by atoms with E-state index in [9.17, 15) is 9.59 Å². The number of aromatic amines is 1. The molecule has 0 spiro atoms. The molecule has 1 fully saturated rings. The maximum atomic E-state index is 13.6. The number of nitrogens with zero attached hydrogens (tertiary/aromatic N) is 3. The molecule has 2 aromatic rings. The van der Waals surface area contributed by atoms with Crippen molar-refractivity contribution in [1.82, 2.24) is 19.8 Å². The zero-order valence-corrected chi connectivity index (χ0v) is 19.4. The van der Waals surface area contributed by atoms with Crippen LogP contribution in [0.5, 0.6) is 0 Å². The number of carbonyl (C=O) groups is 1. The van der Waals surface area contributed by atoms with Gasteiger partial charge in [-0.15, -0.1) is 11.3 Å². The van der Waals surface area contributed by atoms with Crippen LogP contribution in [0.25, 0.3) is 0 Å². The van der Waals surface area contributed by atoms with Gasteiger partial charge >= 0.3 is 0 Å². The van der Waals surface area contributed by atoms with Crippen LogP contribution < -0.4 is 5.56 Å². The van der Waals surface area contributed by atoms with Crippen LogP contribution in [0.2, 0.25) is 0 Å². The van der Waals surface area contributed by atoms with E-state index in [4.69, 9.17) is 4.98 Å². The lowest BCUT2D eigenvalue weighted by Crippen LogP contribution is -2.42. The lowest BCUT2D eigenvalue weighted by Gasteiger charge is -2.36. The summed E-state index contributed by atoms with van der Waals surface area (Å²) in [6, 6.07) is 0.281. The standard InChI is InChI=1S/C24H32N4O2S/c1-15(2)27-12-10-17-19(13-27)25-22(26-23(17)29)20-8-5-6-11-28(20)24(30)18-14-31-21-9-4-3-7-16(18)21/h14-15,20H,3-13H2,1-2H3,(H,25,26,29)/t20-/m0/s1. The summed E-state index contributed by atoms with van der Waals surface area (Å²) < 4.78 is 0. The normalized spacial score (nSPS) is 21.8. The van der Waals surface area contributed by atoms with Crippen LogP contribution in [0.15, 0.2) is 10.2 Å². The minimum atomic E-state index is -0.146. The van der Waals surface area contributed by atoms with Gasteiger partial charge in [0.15, 0.2) is 0 Å². The van der Waals surface area contributed by atoms with Crippen molar-refractivity contribution in [1.29, 1.82) is 0 Å². The SMILES string of the molecule is CC(C)N1CCc2c(nc([C@@H]3CCCCN3C(=O)c3csc4c3CCCC4)[nH]c2=O)C1. The van der Waals surface area contributed by atoms with Crippen molar-refractivity contribution >= 4 is 17.2 Å². The van der Waals surface area contributed by atoms with Gasteiger partial charge in [-0.3, -0.25) is 14.5 Å². The number of rotatable bonds is 3. The van der Waals surface area contributed by atoms with Crippen molar-refractivity contribution in [2.24, 2.45) is 0 Å². The number of hydrogen-bond donors (Lipinski definition) is 1. The summed E-state index contributed by atoms with van der Waals surface area (Å²) >= 11 is 1.74. The van der Waals surface area contributed by atoms with Gasteiger partial charge in [0.1, 0.15) is 5.82 Å². The summed E-state index contributed by atoms with van der Waals surface area (Å²) in [6.07, 6.45) is 8.15. The van der Waals surface area contributed by atoms with E-state index in [1.807, 2.05) is 4.90 Å². The Morgan fingerprint density at radius 1 is 1.13 bits per heavy atom. The highest BCUT2D eigenvalue weighted by atomic mass is 32.1. The van der Waals surface area contributed by atoms with Crippen LogP contribution in [0, 0.1) is 0 Å². The summed E-state index contributed by atoms with van der Waals surface area (Å²) in [5.74, 6) is 0.791. The van der Waals surface area contributed by atoms with Gasteiger partial charge in [0.05, 0.1) is 17.3 Å². The Bertz CT molecular complexity index is 1040. The number of carbonyl (C=O) groups excluding carboxylic acids is 1. The highest BCUT2D eigenvalue weighted by molar-refractivity contribution is 7.10. The number of piperidine rings is 1. The summed E-state index contributed by atoms with van der Waals surface area (Å²) in [5.41, 5.74) is 3.85. The molecule has 0 aromatic carbocycles. The second-order valence-corrected chi connectivity index (χ2v) is 10.4. The third-order valence-electron chi connectivity index (χ3n) is 7.22. The molecule has 166 valence electrons. The fourth-order valence-corrected chi connectivity index (χ4v) is 6.48. The average molecular weight is 441 g/mol. The van der Waals surface area contributed by atoms with E-state index < -0.39 is 0 Å². The second kappa shape index (κ2) is 8.51. The van der Waals surface area contributed by atoms with E-state index in [0.717, 1.165) is 68.4 Å². The topological polar surface area (TPSA) is 69.3 Å². The third kappa shape index (κ3) is 3.87. The van der Waals surface area contributed by atoms with Gasteiger partial charge < -0.3 is 9.88 Å². The second-order valence-electron chi connectivity index (χ2n) is 9.46. The number of H-pyrrole nitrogens is 1. The maximum Gasteiger partial charge on any atom is 0.255 e. The molecule has 3 aliphatic rings. The van der Waals surface area contributed by atoms with Crippen molar-refractivity contribution in [2.45, 2.75) is 83.8 Å². The molecule has 1 N–H and O–H groups in total. The molecule has 2 aliphatic heterocycles. The minimum Gasteiger partial charge on any atom is -0.328 e. The van der Waals surface area contributed by atoms with Crippen LogP contribution in [0.1, 0.15) is 89.9 Å². The third-order valence-corrected chi connectivity index (χ3v) is 8.31. The fraction of sp³-hybridized carbons (Fsp3) is 0.625. The van der Waals surface area contributed by atoms with Gasteiger partial charge in [0.25, 0.3) is 11.5 Å². The first kappa shape index (κ1) is 20.9. The molecular weight excluding hydrogens is 408 g/mol. The molecule has 1 atom stereocenters. The van der Waals surface area contributed by atoms with E-state index in [-0.39, 0.29) is 17.5 Å². The Balaban J connectivity index is 1.47. The average Bonchev–Trinajstić information content (AvgIpc) is 3.22. The van der Waals surface area contributed by atoms with Crippen molar-refractivity contribution in [2.75, 3.05) is 13.1 Å². The first-order chi connectivity index (χ1) is 15.0. The molecule has 5 rings (SSSR count). The highest BCUT2D eigenvalue weighted by Crippen LogP contribution is 2.35. The van der Waals surface area contributed by atoms with Gasteiger partial charge in [-0.2, -0.15) is 0 Å². The number of likely N-dealkylation sites (tertiary alicyclic amines) is 1. The van der Waals surface area contributed by atoms with Crippen molar-refractivity contribution in [3.8, 4) is 0 Å². The molecule has 0 saturated carbocycles. The predicted octanol–water partition coefficient (Wildman–Crippen LogP) is 3.84. The first-order valence-corrected chi connectivity index (χ1v) is 12.7. The largest absolute Gasteiger partial charge is 0.328 e. The van der Waals surface area contributed by atoms with Crippen LogP contribution in [-0.4, -0.2) is 44.8 Å². The Labute approximate surface area is 187 Å². The van der Waals surface area contributed by atoms with Gasteiger partial charge in [-0.1, -0.05) is 0 Å².